The van der Waals surface area contributed by atoms with Gasteiger partial charge in [0.05, 0.1) is 30.8 Å². The molecule has 26 heavy (non-hydrogen) atoms. The molecule has 0 spiro atoms. The molecule has 0 unspecified atom stereocenters. The number of benzene rings is 1. The summed E-state index contributed by atoms with van der Waals surface area (Å²) in [5, 5.41) is 0. The minimum absolute atomic E-state index is 0.0149. The van der Waals surface area contributed by atoms with Gasteiger partial charge in [0, 0.05) is 19.0 Å². The van der Waals surface area contributed by atoms with Gasteiger partial charge in [0.25, 0.3) is 5.91 Å². The fourth-order valence-corrected chi connectivity index (χ4v) is 4.03. The van der Waals surface area contributed by atoms with E-state index >= 15 is 0 Å². The molecular formula is C16H21N3O6S. The number of carbonyl (C=O) groups is 2. The van der Waals surface area contributed by atoms with Crippen LogP contribution in [0.25, 0.3) is 0 Å². The molecule has 0 atom stereocenters. The molecule has 3 rings (SSSR count). The van der Waals surface area contributed by atoms with Crippen LogP contribution in [0.1, 0.15) is 23.2 Å². The van der Waals surface area contributed by atoms with Crippen molar-refractivity contribution in [3.05, 3.63) is 23.8 Å². The maximum atomic E-state index is 12.8. The van der Waals surface area contributed by atoms with Crippen LogP contribution in [-0.2, 0) is 19.6 Å². The van der Waals surface area contributed by atoms with E-state index in [1.165, 1.54) is 29.6 Å². The number of nitrogens with zero attached hydrogens (tertiary/aromatic N) is 1. The third kappa shape index (κ3) is 3.97. The van der Waals surface area contributed by atoms with E-state index in [4.69, 9.17) is 9.47 Å². The molecular weight excluding hydrogens is 362 g/mol. The summed E-state index contributed by atoms with van der Waals surface area (Å²) in [4.78, 5) is 24.0. The van der Waals surface area contributed by atoms with Crippen molar-refractivity contribution in [1.82, 2.24) is 15.2 Å². The molecule has 0 bridgehead atoms. The molecule has 1 aliphatic carbocycles. The summed E-state index contributed by atoms with van der Waals surface area (Å²) in [6.07, 6.45) is 1.61. The zero-order valence-electron chi connectivity index (χ0n) is 14.4. The number of morpholine rings is 1. The van der Waals surface area contributed by atoms with E-state index < -0.39 is 15.9 Å². The molecule has 2 amide bonds. The number of methoxy groups -OCH3 is 1. The molecule has 1 aliphatic heterocycles. The molecule has 1 heterocycles. The van der Waals surface area contributed by atoms with Crippen molar-refractivity contribution in [3.8, 4) is 5.75 Å². The van der Waals surface area contributed by atoms with Crippen LogP contribution in [-0.4, -0.2) is 58.0 Å². The molecule has 10 heteroatoms. The van der Waals surface area contributed by atoms with Crippen LogP contribution in [0.4, 0.5) is 0 Å². The smallest absolute Gasteiger partial charge is 0.273 e. The van der Waals surface area contributed by atoms with E-state index in [2.05, 4.69) is 10.9 Å². The van der Waals surface area contributed by atoms with Gasteiger partial charge in [-0.05, 0) is 31.0 Å². The number of carbonyl (C=O) groups excluding carboxylic acids is 2. The van der Waals surface area contributed by atoms with E-state index in [0.29, 0.717) is 13.2 Å². The molecule has 2 aliphatic rings. The number of ether oxygens (including phenoxy) is 2. The van der Waals surface area contributed by atoms with Crippen molar-refractivity contribution in [2.75, 3.05) is 33.4 Å². The molecule has 1 aromatic carbocycles. The lowest BCUT2D eigenvalue weighted by molar-refractivity contribution is -0.123. The normalized spacial score (nSPS) is 18.2. The summed E-state index contributed by atoms with van der Waals surface area (Å²) < 4.78 is 37.1. The number of nitrogens with one attached hydrogen (secondary N) is 2. The largest absolute Gasteiger partial charge is 0.496 e. The van der Waals surface area contributed by atoms with Gasteiger partial charge < -0.3 is 9.47 Å². The monoisotopic (exact) mass is 383 g/mol. The maximum Gasteiger partial charge on any atom is 0.273 e. The number of hydrogen-bond donors (Lipinski definition) is 2. The summed E-state index contributed by atoms with van der Waals surface area (Å²) in [6, 6.07) is 4.07. The lowest BCUT2D eigenvalue weighted by atomic mass is 10.2. The predicted molar refractivity (Wildman–Crippen MR) is 90.9 cm³/mol. The van der Waals surface area contributed by atoms with Crippen LogP contribution >= 0.6 is 0 Å². The van der Waals surface area contributed by atoms with Crippen LogP contribution in [0, 0.1) is 5.92 Å². The van der Waals surface area contributed by atoms with Gasteiger partial charge in [-0.25, -0.2) is 8.42 Å². The second-order valence-electron chi connectivity index (χ2n) is 6.10. The van der Waals surface area contributed by atoms with Gasteiger partial charge in [-0.2, -0.15) is 4.31 Å². The third-order valence-electron chi connectivity index (χ3n) is 4.27. The van der Waals surface area contributed by atoms with Gasteiger partial charge in [-0.3, -0.25) is 20.4 Å². The highest BCUT2D eigenvalue weighted by molar-refractivity contribution is 7.89. The number of amides is 2. The van der Waals surface area contributed by atoms with Gasteiger partial charge in [-0.1, -0.05) is 0 Å². The fraction of sp³-hybridized carbons (Fsp3) is 0.500. The Bertz CT molecular complexity index is 800. The fourth-order valence-electron chi connectivity index (χ4n) is 2.59. The number of hydrazine groups is 1. The Morgan fingerprint density at radius 2 is 1.88 bits per heavy atom. The first-order chi connectivity index (χ1) is 12.4. The minimum atomic E-state index is -3.75. The summed E-state index contributed by atoms with van der Waals surface area (Å²) in [5.41, 5.74) is 4.68. The van der Waals surface area contributed by atoms with E-state index in [-0.39, 0.29) is 41.1 Å². The highest BCUT2D eigenvalue weighted by atomic mass is 32.2. The summed E-state index contributed by atoms with van der Waals surface area (Å²) in [5.74, 6) is -0.751. The average Bonchev–Trinajstić information content (AvgIpc) is 3.51. The van der Waals surface area contributed by atoms with Gasteiger partial charge in [0.15, 0.2) is 0 Å². The number of rotatable bonds is 5. The van der Waals surface area contributed by atoms with Crippen molar-refractivity contribution in [1.29, 1.82) is 0 Å². The Labute approximate surface area is 151 Å². The lowest BCUT2D eigenvalue weighted by Gasteiger charge is -2.26. The Morgan fingerprint density at radius 1 is 1.19 bits per heavy atom. The molecule has 142 valence electrons. The minimum Gasteiger partial charge on any atom is -0.496 e. The Hall–Kier alpha value is -2.17. The van der Waals surface area contributed by atoms with Crippen molar-refractivity contribution in [3.63, 3.8) is 0 Å². The maximum absolute atomic E-state index is 12.8. The second-order valence-corrected chi connectivity index (χ2v) is 8.03. The van der Waals surface area contributed by atoms with Gasteiger partial charge >= 0.3 is 0 Å². The van der Waals surface area contributed by atoms with Crippen LogP contribution < -0.4 is 15.6 Å². The average molecular weight is 383 g/mol. The topological polar surface area (TPSA) is 114 Å². The van der Waals surface area contributed by atoms with Crippen LogP contribution in [0.5, 0.6) is 5.75 Å². The molecule has 1 aromatic rings. The summed E-state index contributed by atoms with van der Waals surface area (Å²) in [6.45, 7) is 1.17. The van der Waals surface area contributed by atoms with Gasteiger partial charge in [0.2, 0.25) is 15.9 Å². The number of hydrogen-bond acceptors (Lipinski definition) is 6. The molecule has 2 fully saturated rings. The standard InChI is InChI=1S/C16H21N3O6S/c1-24-14-5-4-12(26(22,23)19-6-8-25-9-7-19)10-13(14)16(21)18-17-15(20)11-2-3-11/h4-5,10-11H,2-3,6-9H2,1H3,(H,17,20)(H,18,21). The first kappa shape index (κ1) is 18.6. The zero-order valence-corrected chi connectivity index (χ0v) is 15.2. The quantitative estimate of drug-likeness (QED) is 0.686. The van der Waals surface area contributed by atoms with Crippen LogP contribution in [0.3, 0.4) is 0 Å². The first-order valence-electron chi connectivity index (χ1n) is 8.29. The van der Waals surface area contributed by atoms with E-state index in [1.54, 1.807) is 0 Å². The van der Waals surface area contributed by atoms with E-state index in [9.17, 15) is 18.0 Å². The van der Waals surface area contributed by atoms with Crippen molar-refractivity contribution < 1.29 is 27.5 Å². The Kier molecular flexibility index (Phi) is 5.44. The van der Waals surface area contributed by atoms with Crippen molar-refractivity contribution in [2.45, 2.75) is 17.7 Å². The molecule has 9 nitrogen and oxygen atoms in total. The number of sulfonamides is 1. The third-order valence-corrected chi connectivity index (χ3v) is 6.17. The van der Waals surface area contributed by atoms with Crippen LogP contribution in [0.2, 0.25) is 0 Å². The van der Waals surface area contributed by atoms with E-state index in [0.717, 1.165) is 12.8 Å². The highest BCUT2D eigenvalue weighted by Gasteiger charge is 2.31. The molecule has 1 saturated heterocycles. The lowest BCUT2D eigenvalue weighted by Crippen LogP contribution is -2.43. The molecule has 0 radical (unpaired) electrons. The predicted octanol–water partition coefficient (Wildman–Crippen LogP) is -0.113. The van der Waals surface area contributed by atoms with Crippen molar-refractivity contribution >= 4 is 21.8 Å². The Balaban J connectivity index is 1.81. The molecule has 0 aromatic heterocycles. The zero-order chi connectivity index (χ0) is 18.7. The summed E-state index contributed by atoms with van der Waals surface area (Å²) in [7, 11) is -2.37. The second kappa shape index (κ2) is 7.60. The van der Waals surface area contributed by atoms with E-state index in [1.807, 2.05) is 0 Å². The molecule has 1 saturated carbocycles. The Morgan fingerprint density at radius 3 is 2.50 bits per heavy atom. The van der Waals surface area contributed by atoms with Crippen molar-refractivity contribution in [2.24, 2.45) is 5.92 Å². The SMILES string of the molecule is COc1ccc(S(=O)(=O)N2CCOCC2)cc1C(=O)NNC(=O)C1CC1. The van der Waals surface area contributed by atoms with Crippen LogP contribution in [0.15, 0.2) is 23.1 Å². The molecule has 2 N–H and O–H groups in total. The van der Waals surface area contributed by atoms with Gasteiger partial charge in [-0.15, -0.1) is 0 Å². The summed E-state index contributed by atoms with van der Waals surface area (Å²) >= 11 is 0. The highest BCUT2D eigenvalue weighted by Crippen LogP contribution is 2.28. The first-order valence-corrected chi connectivity index (χ1v) is 9.73. The van der Waals surface area contributed by atoms with Gasteiger partial charge in [0.1, 0.15) is 5.75 Å².